The molecule has 1 unspecified atom stereocenters. The quantitative estimate of drug-likeness (QED) is 0.831. The zero-order chi connectivity index (χ0) is 14.8. The fourth-order valence-electron chi connectivity index (χ4n) is 2.83. The van der Waals surface area contributed by atoms with Gasteiger partial charge in [-0.05, 0) is 36.6 Å². The Kier molecular flexibility index (Phi) is 3.93. The second-order valence-corrected chi connectivity index (χ2v) is 5.61. The Balaban J connectivity index is 1.90. The van der Waals surface area contributed by atoms with Crippen molar-refractivity contribution < 1.29 is 9.18 Å². The highest BCUT2D eigenvalue weighted by atomic mass is 35.5. The second kappa shape index (κ2) is 5.86. The van der Waals surface area contributed by atoms with E-state index in [1.54, 1.807) is 23.1 Å². The molecule has 0 aliphatic carbocycles. The lowest BCUT2D eigenvalue weighted by molar-refractivity contribution is -0.117. The number of halogens is 2. The van der Waals surface area contributed by atoms with Gasteiger partial charge in [0.05, 0.1) is 5.69 Å². The molecule has 108 valence electrons. The highest BCUT2D eigenvalue weighted by molar-refractivity contribution is 6.31. The smallest absolute Gasteiger partial charge is 0.227 e. The summed E-state index contributed by atoms with van der Waals surface area (Å²) in [6.07, 6.45) is 1.81. The van der Waals surface area contributed by atoms with Crippen LogP contribution in [0.1, 0.15) is 18.4 Å². The molecule has 2 aromatic carbocycles. The Morgan fingerprint density at radius 2 is 1.86 bits per heavy atom. The molecule has 0 N–H and O–H groups in total. The molecule has 0 spiro atoms. The predicted octanol–water partition coefficient (Wildman–Crippen LogP) is 4.22. The van der Waals surface area contributed by atoms with Gasteiger partial charge in [0.15, 0.2) is 0 Å². The molecule has 0 saturated carbocycles. The molecule has 1 fully saturated rings. The van der Waals surface area contributed by atoms with Gasteiger partial charge in [-0.15, -0.1) is 0 Å². The number of amides is 1. The molecule has 1 atom stereocenters. The van der Waals surface area contributed by atoms with Gasteiger partial charge in [0, 0.05) is 17.5 Å². The SMILES string of the molecule is O=C1CCC(Cc2ccccc2Cl)N1c1ccccc1F. The number of hydrogen-bond acceptors (Lipinski definition) is 1. The molecule has 1 heterocycles. The van der Waals surface area contributed by atoms with Gasteiger partial charge >= 0.3 is 0 Å². The minimum Gasteiger partial charge on any atom is -0.306 e. The van der Waals surface area contributed by atoms with Gasteiger partial charge in [-0.1, -0.05) is 41.9 Å². The van der Waals surface area contributed by atoms with E-state index in [2.05, 4.69) is 0 Å². The number of hydrogen-bond donors (Lipinski definition) is 0. The van der Waals surface area contributed by atoms with E-state index in [0.717, 1.165) is 12.0 Å². The zero-order valence-electron chi connectivity index (χ0n) is 11.4. The normalized spacial score (nSPS) is 18.3. The van der Waals surface area contributed by atoms with Crippen LogP contribution in [-0.4, -0.2) is 11.9 Å². The minimum atomic E-state index is -0.364. The van der Waals surface area contributed by atoms with Crippen molar-refractivity contribution in [1.29, 1.82) is 0 Å². The number of para-hydroxylation sites is 1. The lowest BCUT2D eigenvalue weighted by Crippen LogP contribution is -2.35. The van der Waals surface area contributed by atoms with Crippen LogP contribution < -0.4 is 4.90 Å². The van der Waals surface area contributed by atoms with Gasteiger partial charge in [-0.25, -0.2) is 4.39 Å². The molecule has 1 aliphatic heterocycles. The fraction of sp³-hybridized carbons (Fsp3) is 0.235. The van der Waals surface area contributed by atoms with Gasteiger partial charge < -0.3 is 4.90 Å². The van der Waals surface area contributed by atoms with Gasteiger partial charge in [-0.2, -0.15) is 0 Å². The first-order valence-corrected chi connectivity index (χ1v) is 7.34. The highest BCUT2D eigenvalue weighted by Crippen LogP contribution is 2.31. The molecule has 3 rings (SSSR count). The third kappa shape index (κ3) is 2.79. The van der Waals surface area contributed by atoms with Crippen molar-refractivity contribution in [3.63, 3.8) is 0 Å². The van der Waals surface area contributed by atoms with Crippen molar-refractivity contribution in [1.82, 2.24) is 0 Å². The molecule has 2 aromatic rings. The van der Waals surface area contributed by atoms with Crippen molar-refractivity contribution in [3.8, 4) is 0 Å². The van der Waals surface area contributed by atoms with Crippen LogP contribution in [0.25, 0.3) is 0 Å². The van der Waals surface area contributed by atoms with Gasteiger partial charge in [0.1, 0.15) is 5.82 Å². The van der Waals surface area contributed by atoms with Gasteiger partial charge in [0.25, 0.3) is 0 Å². The minimum absolute atomic E-state index is 0.0304. The summed E-state index contributed by atoms with van der Waals surface area (Å²) in [6.45, 7) is 0. The largest absolute Gasteiger partial charge is 0.306 e. The molecular weight excluding hydrogens is 289 g/mol. The molecule has 1 amide bonds. The lowest BCUT2D eigenvalue weighted by atomic mass is 10.0. The standard InChI is InChI=1S/C17H15ClFNO/c18-14-6-2-1-5-12(14)11-13-9-10-17(21)20(13)16-8-4-3-7-15(16)19/h1-8,13H,9-11H2. The van der Waals surface area contributed by atoms with Crippen molar-refractivity contribution in [2.24, 2.45) is 0 Å². The fourth-order valence-corrected chi connectivity index (χ4v) is 3.05. The third-order valence-electron chi connectivity index (χ3n) is 3.85. The van der Waals surface area contributed by atoms with E-state index in [-0.39, 0.29) is 17.8 Å². The number of nitrogens with zero attached hydrogens (tertiary/aromatic N) is 1. The van der Waals surface area contributed by atoms with E-state index in [0.29, 0.717) is 23.6 Å². The van der Waals surface area contributed by atoms with Crippen LogP contribution in [0, 0.1) is 5.82 Å². The number of carbonyl (C=O) groups is 1. The number of rotatable bonds is 3. The second-order valence-electron chi connectivity index (χ2n) is 5.20. The molecule has 1 aliphatic rings. The summed E-state index contributed by atoms with van der Waals surface area (Å²) < 4.78 is 14.0. The van der Waals surface area contributed by atoms with E-state index in [9.17, 15) is 9.18 Å². The van der Waals surface area contributed by atoms with Crippen LogP contribution in [0.3, 0.4) is 0 Å². The number of benzene rings is 2. The average Bonchev–Trinajstić information content (AvgIpc) is 2.83. The van der Waals surface area contributed by atoms with E-state index in [4.69, 9.17) is 11.6 Å². The first-order chi connectivity index (χ1) is 10.2. The van der Waals surface area contributed by atoms with Gasteiger partial charge in [-0.3, -0.25) is 4.79 Å². The summed E-state index contributed by atoms with van der Waals surface area (Å²) in [5, 5.41) is 0.685. The van der Waals surface area contributed by atoms with Crippen LogP contribution in [0.2, 0.25) is 5.02 Å². The van der Waals surface area contributed by atoms with Crippen LogP contribution in [-0.2, 0) is 11.2 Å². The zero-order valence-corrected chi connectivity index (χ0v) is 12.2. The van der Waals surface area contributed by atoms with Gasteiger partial charge in [0.2, 0.25) is 5.91 Å². The van der Waals surface area contributed by atoms with Crippen molar-refractivity contribution in [3.05, 3.63) is 64.9 Å². The molecule has 21 heavy (non-hydrogen) atoms. The lowest BCUT2D eigenvalue weighted by Gasteiger charge is -2.25. The molecule has 4 heteroatoms. The average molecular weight is 304 g/mol. The summed E-state index contributed by atoms with van der Waals surface area (Å²) in [7, 11) is 0. The Bertz CT molecular complexity index is 673. The van der Waals surface area contributed by atoms with Crippen LogP contribution in [0.5, 0.6) is 0 Å². The maximum absolute atomic E-state index is 14.0. The Labute approximate surface area is 128 Å². The summed E-state index contributed by atoms with van der Waals surface area (Å²) in [4.78, 5) is 13.7. The number of carbonyl (C=O) groups excluding carboxylic acids is 1. The molecular formula is C17H15ClFNO. The van der Waals surface area contributed by atoms with Crippen molar-refractivity contribution in [2.75, 3.05) is 4.90 Å². The summed E-state index contributed by atoms with van der Waals surface area (Å²) in [5.41, 5.74) is 1.34. The van der Waals surface area contributed by atoms with E-state index in [1.165, 1.54) is 6.07 Å². The molecule has 0 bridgehead atoms. The summed E-state index contributed by atoms with van der Waals surface area (Å²) in [6, 6.07) is 13.9. The Morgan fingerprint density at radius 3 is 2.62 bits per heavy atom. The summed E-state index contributed by atoms with van der Waals surface area (Å²) >= 11 is 6.19. The predicted molar refractivity (Wildman–Crippen MR) is 82.1 cm³/mol. The molecule has 2 nitrogen and oxygen atoms in total. The molecule has 0 aromatic heterocycles. The van der Waals surface area contributed by atoms with E-state index < -0.39 is 0 Å². The van der Waals surface area contributed by atoms with Crippen molar-refractivity contribution >= 4 is 23.2 Å². The first kappa shape index (κ1) is 14.1. The first-order valence-electron chi connectivity index (χ1n) is 6.97. The number of anilines is 1. The van der Waals surface area contributed by atoms with Crippen LogP contribution >= 0.6 is 11.6 Å². The molecule has 0 radical (unpaired) electrons. The molecule has 1 saturated heterocycles. The summed E-state index contributed by atoms with van der Waals surface area (Å²) in [5.74, 6) is -0.394. The van der Waals surface area contributed by atoms with E-state index >= 15 is 0 Å². The Morgan fingerprint density at radius 1 is 1.14 bits per heavy atom. The monoisotopic (exact) mass is 303 g/mol. The van der Waals surface area contributed by atoms with Crippen LogP contribution in [0.4, 0.5) is 10.1 Å². The third-order valence-corrected chi connectivity index (χ3v) is 4.22. The topological polar surface area (TPSA) is 20.3 Å². The van der Waals surface area contributed by atoms with E-state index in [1.807, 2.05) is 24.3 Å². The Hall–Kier alpha value is -1.87. The van der Waals surface area contributed by atoms with Crippen LogP contribution in [0.15, 0.2) is 48.5 Å². The highest BCUT2D eigenvalue weighted by Gasteiger charge is 2.33. The maximum atomic E-state index is 14.0. The van der Waals surface area contributed by atoms with Crippen molar-refractivity contribution in [2.45, 2.75) is 25.3 Å². The maximum Gasteiger partial charge on any atom is 0.227 e.